The molecular weight excluding hydrogens is 232 g/mol. The summed E-state index contributed by atoms with van der Waals surface area (Å²) in [4.78, 5) is 12.4. The summed E-state index contributed by atoms with van der Waals surface area (Å²) in [7, 11) is 1.74. The molecule has 0 fully saturated rings. The number of hydrogen-bond acceptors (Lipinski definition) is 3. The second-order valence-corrected chi connectivity index (χ2v) is 5.81. The third kappa shape index (κ3) is 4.92. The predicted octanol–water partition coefficient (Wildman–Crippen LogP) is 3.80. The van der Waals surface area contributed by atoms with E-state index in [0.717, 1.165) is 22.6 Å². The Hall–Kier alpha value is -0.800. The standard InChI is InChI=1S/C14H20O2S/c1-11(15)12-6-5-7-13(10-12)17-9-8-14(2,3)16-4/h5-7,10H,8-9H2,1-4H3. The summed E-state index contributed by atoms with van der Waals surface area (Å²) in [5.41, 5.74) is 0.701. The summed E-state index contributed by atoms with van der Waals surface area (Å²) in [6, 6.07) is 7.77. The van der Waals surface area contributed by atoms with Crippen molar-refractivity contribution in [2.75, 3.05) is 12.9 Å². The number of Topliss-reactive ketones (excluding diaryl/α,β-unsaturated/α-hetero) is 1. The van der Waals surface area contributed by atoms with Crippen molar-refractivity contribution in [3.8, 4) is 0 Å². The summed E-state index contributed by atoms with van der Waals surface area (Å²) >= 11 is 1.76. The van der Waals surface area contributed by atoms with Gasteiger partial charge in [0.25, 0.3) is 0 Å². The van der Waals surface area contributed by atoms with Crippen LogP contribution in [0.3, 0.4) is 0 Å². The Morgan fingerprint density at radius 3 is 2.71 bits per heavy atom. The average Bonchev–Trinajstić information content (AvgIpc) is 2.29. The zero-order chi connectivity index (χ0) is 12.9. The van der Waals surface area contributed by atoms with E-state index in [1.165, 1.54) is 0 Å². The van der Waals surface area contributed by atoms with Gasteiger partial charge in [0.2, 0.25) is 0 Å². The Labute approximate surface area is 108 Å². The van der Waals surface area contributed by atoms with Gasteiger partial charge in [0.15, 0.2) is 5.78 Å². The van der Waals surface area contributed by atoms with Crippen LogP contribution in [0.15, 0.2) is 29.2 Å². The van der Waals surface area contributed by atoms with Gasteiger partial charge in [-0.3, -0.25) is 4.79 Å². The minimum absolute atomic E-state index is 0.0782. The summed E-state index contributed by atoms with van der Waals surface area (Å²) in [5.74, 6) is 1.10. The molecule has 1 aromatic rings. The lowest BCUT2D eigenvalue weighted by atomic mass is 10.1. The quantitative estimate of drug-likeness (QED) is 0.569. The van der Waals surface area contributed by atoms with Crippen LogP contribution < -0.4 is 0 Å². The number of methoxy groups -OCH3 is 1. The van der Waals surface area contributed by atoms with Crippen LogP contribution in [0.1, 0.15) is 37.6 Å². The Morgan fingerprint density at radius 1 is 1.41 bits per heavy atom. The van der Waals surface area contributed by atoms with Gasteiger partial charge in [-0.05, 0) is 39.3 Å². The lowest BCUT2D eigenvalue weighted by Gasteiger charge is -2.22. The van der Waals surface area contributed by atoms with Gasteiger partial charge in [-0.25, -0.2) is 0 Å². The fourth-order valence-electron chi connectivity index (χ4n) is 1.32. The number of carbonyl (C=O) groups excluding carboxylic acids is 1. The van der Waals surface area contributed by atoms with E-state index in [2.05, 4.69) is 13.8 Å². The molecule has 0 aromatic heterocycles. The van der Waals surface area contributed by atoms with Crippen LogP contribution >= 0.6 is 11.8 Å². The summed E-state index contributed by atoms with van der Waals surface area (Å²) in [6.45, 7) is 5.76. The van der Waals surface area contributed by atoms with Gasteiger partial charge in [-0.1, -0.05) is 12.1 Å². The van der Waals surface area contributed by atoms with E-state index in [4.69, 9.17) is 4.74 Å². The minimum atomic E-state index is -0.0782. The molecule has 0 radical (unpaired) electrons. The van der Waals surface area contributed by atoms with Crippen molar-refractivity contribution in [3.63, 3.8) is 0 Å². The lowest BCUT2D eigenvalue weighted by Crippen LogP contribution is -2.22. The molecule has 1 rings (SSSR count). The molecule has 0 saturated carbocycles. The van der Waals surface area contributed by atoms with Crippen molar-refractivity contribution in [1.29, 1.82) is 0 Å². The highest BCUT2D eigenvalue weighted by molar-refractivity contribution is 7.99. The van der Waals surface area contributed by atoms with Crippen LogP contribution in [0.5, 0.6) is 0 Å². The second kappa shape index (κ2) is 6.22. The first-order chi connectivity index (χ1) is 7.94. The largest absolute Gasteiger partial charge is 0.379 e. The Bertz CT molecular complexity index is 386. The van der Waals surface area contributed by atoms with Crippen molar-refractivity contribution >= 4 is 17.5 Å². The smallest absolute Gasteiger partial charge is 0.159 e. The van der Waals surface area contributed by atoms with Crippen LogP contribution in [0, 0.1) is 0 Å². The van der Waals surface area contributed by atoms with Gasteiger partial charge in [0.1, 0.15) is 0 Å². The van der Waals surface area contributed by atoms with Crippen LogP contribution in [0.25, 0.3) is 0 Å². The van der Waals surface area contributed by atoms with Crippen LogP contribution in [0.2, 0.25) is 0 Å². The van der Waals surface area contributed by atoms with Crippen molar-refractivity contribution in [2.45, 2.75) is 37.7 Å². The molecule has 0 aliphatic carbocycles. The molecule has 94 valence electrons. The lowest BCUT2D eigenvalue weighted by molar-refractivity contribution is 0.0207. The van der Waals surface area contributed by atoms with Gasteiger partial charge in [-0.2, -0.15) is 0 Å². The molecule has 0 atom stereocenters. The predicted molar refractivity (Wildman–Crippen MR) is 72.9 cm³/mol. The van der Waals surface area contributed by atoms with E-state index >= 15 is 0 Å². The summed E-state index contributed by atoms with van der Waals surface area (Å²) in [5, 5.41) is 0. The number of ether oxygens (including phenoxy) is 1. The highest BCUT2D eigenvalue weighted by Crippen LogP contribution is 2.24. The molecule has 2 nitrogen and oxygen atoms in total. The molecule has 0 N–H and O–H groups in total. The van der Waals surface area contributed by atoms with Gasteiger partial charge in [-0.15, -0.1) is 11.8 Å². The van der Waals surface area contributed by atoms with Crippen molar-refractivity contribution < 1.29 is 9.53 Å². The molecule has 0 amide bonds. The number of carbonyl (C=O) groups is 1. The zero-order valence-electron chi connectivity index (χ0n) is 10.9. The molecule has 0 unspecified atom stereocenters. The first kappa shape index (κ1) is 14.3. The van der Waals surface area contributed by atoms with Crippen molar-refractivity contribution in [1.82, 2.24) is 0 Å². The first-order valence-electron chi connectivity index (χ1n) is 5.73. The SMILES string of the molecule is COC(C)(C)CCSc1cccc(C(C)=O)c1. The fourth-order valence-corrected chi connectivity index (χ4v) is 2.54. The van der Waals surface area contributed by atoms with Gasteiger partial charge in [0, 0.05) is 23.3 Å². The second-order valence-electron chi connectivity index (χ2n) is 4.65. The van der Waals surface area contributed by atoms with E-state index in [9.17, 15) is 4.79 Å². The highest BCUT2D eigenvalue weighted by Gasteiger charge is 2.15. The molecular formula is C14H20O2S. The van der Waals surface area contributed by atoms with Crippen LogP contribution in [-0.2, 0) is 4.74 Å². The van der Waals surface area contributed by atoms with E-state index in [1.54, 1.807) is 25.8 Å². The highest BCUT2D eigenvalue weighted by atomic mass is 32.2. The maximum atomic E-state index is 11.2. The molecule has 0 aliphatic heterocycles. The fraction of sp³-hybridized carbons (Fsp3) is 0.500. The Kier molecular flexibility index (Phi) is 5.22. The number of rotatable bonds is 6. The number of thioether (sulfide) groups is 1. The van der Waals surface area contributed by atoms with E-state index in [0.29, 0.717) is 0 Å². The maximum absolute atomic E-state index is 11.2. The normalized spacial score (nSPS) is 11.5. The number of benzene rings is 1. The van der Waals surface area contributed by atoms with Crippen molar-refractivity contribution in [2.24, 2.45) is 0 Å². The number of ketones is 1. The molecule has 0 bridgehead atoms. The maximum Gasteiger partial charge on any atom is 0.159 e. The van der Waals surface area contributed by atoms with Crippen LogP contribution in [-0.4, -0.2) is 24.2 Å². The molecule has 17 heavy (non-hydrogen) atoms. The van der Waals surface area contributed by atoms with E-state index in [1.807, 2.05) is 24.3 Å². The molecule has 3 heteroatoms. The molecule has 1 aromatic carbocycles. The monoisotopic (exact) mass is 252 g/mol. The van der Waals surface area contributed by atoms with Gasteiger partial charge >= 0.3 is 0 Å². The van der Waals surface area contributed by atoms with E-state index < -0.39 is 0 Å². The van der Waals surface area contributed by atoms with E-state index in [-0.39, 0.29) is 11.4 Å². The molecule has 0 heterocycles. The molecule has 0 aliphatic rings. The zero-order valence-corrected chi connectivity index (χ0v) is 11.8. The molecule has 0 spiro atoms. The average molecular weight is 252 g/mol. The summed E-state index contributed by atoms with van der Waals surface area (Å²) in [6.07, 6.45) is 0.985. The molecule has 0 saturated heterocycles. The number of hydrogen-bond donors (Lipinski definition) is 0. The van der Waals surface area contributed by atoms with Crippen molar-refractivity contribution in [3.05, 3.63) is 29.8 Å². The topological polar surface area (TPSA) is 26.3 Å². The third-order valence-electron chi connectivity index (χ3n) is 2.77. The summed E-state index contributed by atoms with van der Waals surface area (Å²) < 4.78 is 5.37. The Morgan fingerprint density at radius 2 is 2.12 bits per heavy atom. The third-order valence-corrected chi connectivity index (χ3v) is 3.76. The minimum Gasteiger partial charge on any atom is -0.379 e. The van der Waals surface area contributed by atoms with Gasteiger partial charge < -0.3 is 4.74 Å². The van der Waals surface area contributed by atoms with Gasteiger partial charge in [0.05, 0.1) is 5.60 Å². The Balaban J connectivity index is 2.52. The first-order valence-corrected chi connectivity index (χ1v) is 6.72. The van der Waals surface area contributed by atoms with Crippen LogP contribution in [0.4, 0.5) is 0 Å².